The van der Waals surface area contributed by atoms with Crippen LogP contribution in [0.1, 0.15) is 48.8 Å². The molecule has 0 radical (unpaired) electrons. The molecular formula is C28H28F8N2O5S2. The van der Waals surface area contributed by atoms with Crippen molar-refractivity contribution in [2.24, 2.45) is 11.8 Å². The summed E-state index contributed by atoms with van der Waals surface area (Å²) in [5, 5.41) is 2.79. The van der Waals surface area contributed by atoms with Crippen LogP contribution in [0, 0.1) is 17.7 Å². The molecule has 45 heavy (non-hydrogen) atoms. The first kappa shape index (κ1) is 33.6. The second kappa shape index (κ2) is 10.9. The normalized spacial score (nSPS) is 27.3. The molecule has 0 unspecified atom stereocenters. The molecule has 3 aliphatic carbocycles. The van der Waals surface area contributed by atoms with E-state index in [0.29, 0.717) is 6.07 Å². The van der Waals surface area contributed by atoms with Crippen LogP contribution >= 0.6 is 0 Å². The molecule has 2 aromatic carbocycles. The first-order valence-electron chi connectivity index (χ1n) is 13.9. The Balaban J connectivity index is 1.55. The molecular weight excluding hydrogens is 660 g/mol. The molecule has 0 saturated heterocycles. The zero-order valence-electron chi connectivity index (χ0n) is 23.5. The van der Waals surface area contributed by atoms with E-state index in [1.165, 1.54) is 0 Å². The van der Waals surface area contributed by atoms with Gasteiger partial charge in [-0.15, -0.1) is 0 Å². The Morgan fingerprint density at radius 3 is 2.02 bits per heavy atom. The number of amides is 1. The molecule has 17 heteroatoms. The molecule has 2 aromatic rings. The Kier molecular flexibility index (Phi) is 8.13. The van der Waals surface area contributed by atoms with Crippen LogP contribution in [-0.2, 0) is 41.5 Å². The van der Waals surface area contributed by atoms with E-state index in [0.717, 1.165) is 36.6 Å². The van der Waals surface area contributed by atoms with Crippen LogP contribution in [0.3, 0.4) is 0 Å². The van der Waals surface area contributed by atoms with E-state index in [2.05, 4.69) is 10.0 Å². The highest BCUT2D eigenvalue weighted by Gasteiger charge is 2.74. The van der Waals surface area contributed by atoms with Gasteiger partial charge in [-0.2, -0.15) is 26.3 Å². The fraction of sp³-hybridized carbons (Fsp3) is 0.536. The number of sulfone groups is 1. The number of carbonyl (C=O) groups excluding carboxylic acids is 1. The van der Waals surface area contributed by atoms with E-state index in [4.69, 9.17) is 0 Å². The topological polar surface area (TPSA) is 109 Å². The Hall–Kier alpha value is -2.79. The molecule has 5 rings (SSSR count). The lowest BCUT2D eigenvalue weighted by Crippen LogP contribution is -2.55. The van der Waals surface area contributed by atoms with Crippen LogP contribution in [0.5, 0.6) is 0 Å². The van der Waals surface area contributed by atoms with E-state index in [1.54, 1.807) is 0 Å². The van der Waals surface area contributed by atoms with Crippen LogP contribution in [0.4, 0.5) is 35.1 Å². The average molecular weight is 689 g/mol. The molecule has 2 fully saturated rings. The van der Waals surface area contributed by atoms with Gasteiger partial charge in [0.2, 0.25) is 15.9 Å². The van der Waals surface area contributed by atoms with Crippen molar-refractivity contribution in [3.8, 4) is 0 Å². The van der Waals surface area contributed by atoms with Crippen molar-refractivity contribution < 1.29 is 56.8 Å². The van der Waals surface area contributed by atoms with E-state index in [1.807, 2.05) is 0 Å². The van der Waals surface area contributed by atoms with Gasteiger partial charge in [-0.1, -0.05) is 18.2 Å². The molecule has 0 heterocycles. The third-order valence-corrected chi connectivity index (χ3v) is 12.5. The van der Waals surface area contributed by atoms with Crippen molar-refractivity contribution in [2.45, 2.75) is 78.3 Å². The molecule has 0 bridgehead atoms. The van der Waals surface area contributed by atoms with E-state index >= 15 is 0 Å². The zero-order chi connectivity index (χ0) is 33.4. The lowest BCUT2D eigenvalue weighted by molar-refractivity contribution is -0.348. The summed E-state index contributed by atoms with van der Waals surface area (Å²) >= 11 is 0. The average Bonchev–Trinajstić information content (AvgIpc) is 3.31. The lowest BCUT2D eigenvalue weighted by atomic mass is 9.72. The Labute approximate surface area is 253 Å². The molecule has 3 atom stereocenters. The summed E-state index contributed by atoms with van der Waals surface area (Å²) in [4.78, 5) is 13.1. The largest absolute Gasteiger partial charge is 0.435 e. The maximum atomic E-state index is 15.0. The summed E-state index contributed by atoms with van der Waals surface area (Å²) in [6.45, 7) is 0. The van der Waals surface area contributed by atoms with Crippen molar-refractivity contribution in [1.82, 2.24) is 10.0 Å². The van der Waals surface area contributed by atoms with Crippen LogP contribution in [0.15, 0.2) is 47.4 Å². The highest BCUT2D eigenvalue weighted by Crippen LogP contribution is 2.60. The standard InChI is InChI=1S/C28H28F8N2O5S2/c1-44(40,41)38-19-13-18(14-19)37-24(39)21-10-11-25(45(42,43)20-6-4-17(29)5-7-20)22-9-3-16(12-15(22)2-8-23(21)25)26(30,27(31,32)33)28(34,35)36/h3-7,9,12,18-19,21,23,38H,2,8,10-11,13-14H2,1H3,(H,37,39)/t18?,19?,21-,23+,25-/m1/s1. The van der Waals surface area contributed by atoms with Gasteiger partial charge >= 0.3 is 18.0 Å². The molecule has 1 amide bonds. The van der Waals surface area contributed by atoms with Gasteiger partial charge in [0, 0.05) is 23.6 Å². The smallest absolute Gasteiger partial charge is 0.353 e. The Morgan fingerprint density at radius 2 is 1.47 bits per heavy atom. The summed E-state index contributed by atoms with van der Waals surface area (Å²) in [5.74, 6) is -3.23. The predicted molar refractivity (Wildman–Crippen MR) is 144 cm³/mol. The van der Waals surface area contributed by atoms with Crippen molar-refractivity contribution in [1.29, 1.82) is 0 Å². The van der Waals surface area contributed by atoms with E-state index in [-0.39, 0.29) is 60.6 Å². The molecule has 0 aliphatic heterocycles. The second-order valence-electron chi connectivity index (χ2n) is 11.9. The fourth-order valence-corrected chi connectivity index (χ4v) is 10.4. The minimum Gasteiger partial charge on any atom is -0.353 e. The van der Waals surface area contributed by atoms with Crippen LogP contribution < -0.4 is 10.0 Å². The highest BCUT2D eigenvalue weighted by molar-refractivity contribution is 7.92. The molecule has 0 aromatic heterocycles. The Bertz CT molecular complexity index is 1690. The minimum absolute atomic E-state index is 0.0198. The van der Waals surface area contributed by atoms with E-state index < -0.39 is 83.8 Å². The van der Waals surface area contributed by atoms with Gasteiger partial charge in [-0.25, -0.2) is 30.3 Å². The van der Waals surface area contributed by atoms with Crippen molar-refractivity contribution >= 4 is 25.8 Å². The van der Waals surface area contributed by atoms with Crippen LogP contribution in [-0.4, -0.2) is 53.4 Å². The third-order valence-electron chi connectivity index (χ3n) is 9.18. The van der Waals surface area contributed by atoms with Gasteiger partial charge in [0.25, 0.3) is 0 Å². The van der Waals surface area contributed by atoms with Gasteiger partial charge in [0.15, 0.2) is 9.84 Å². The molecule has 7 nitrogen and oxygen atoms in total. The number of hydrogen-bond donors (Lipinski definition) is 2. The minimum atomic E-state index is -6.37. The number of alkyl halides is 7. The second-order valence-corrected chi connectivity index (χ2v) is 15.9. The van der Waals surface area contributed by atoms with Gasteiger partial charge in [-0.05, 0) is 79.8 Å². The van der Waals surface area contributed by atoms with Gasteiger partial charge in [-0.3, -0.25) is 4.79 Å². The summed E-state index contributed by atoms with van der Waals surface area (Å²) in [6.07, 6.45) is -11.8. The molecule has 3 aliphatic rings. The van der Waals surface area contributed by atoms with Crippen molar-refractivity contribution in [3.63, 3.8) is 0 Å². The fourth-order valence-electron chi connectivity index (χ4n) is 7.14. The third kappa shape index (κ3) is 5.51. The number of halogens is 8. The molecule has 248 valence electrons. The van der Waals surface area contributed by atoms with Crippen molar-refractivity contribution in [3.05, 3.63) is 65.0 Å². The summed E-state index contributed by atoms with van der Waals surface area (Å²) in [5.41, 5.74) is -7.85. The predicted octanol–water partition coefficient (Wildman–Crippen LogP) is 4.95. The number of aryl methyl sites for hydroxylation is 1. The number of fused-ring (bicyclic) bond motifs is 3. The molecule has 2 saturated carbocycles. The highest BCUT2D eigenvalue weighted by atomic mass is 32.2. The van der Waals surface area contributed by atoms with Crippen molar-refractivity contribution in [2.75, 3.05) is 6.26 Å². The number of benzene rings is 2. The van der Waals surface area contributed by atoms with Crippen LogP contribution in [0.2, 0.25) is 0 Å². The summed E-state index contributed by atoms with van der Waals surface area (Å²) in [7, 11) is -8.05. The zero-order valence-corrected chi connectivity index (χ0v) is 25.1. The first-order chi connectivity index (χ1) is 20.6. The molecule has 2 N–H and O–H groups in total. The number of hydrogen-bond acceptors (Lipinski definition) is 5. The number of nitrogens with one attached hydrogen (secondary N) is 2. The number of sulfonamides is 1. The summed E-state index contributed by atoms with van der Waals surface area (Å²) in [6, 6.07) is 4.34. The monoisotopic (exact) mass is 688 g/mol. The number of rotatable bonds is 7. The molecule has 0 spiro atoms. The lowest BCUT2D eigenvalue weighted by Gasteiger charge is -2.43. The Morgan fingerprint density at radius 1 is 0.867 bits per heavy atom. The quantitative estimate of drug-likeness (QED) is 0.316. The first-order valence-corrected chi connectivity index (χ1v) is 17.2. The maximum Gasteiger partial charge on any atom is 0.435 e. The van der Waals surface area contributed by atoms with Gasteiger partial charge in [0.05, 0.1) is 11.2 Å². The van der Waals surface area contributed by atoms with Gasteiger partial charge < -0.3 is 5.32 Å². The van der Waals surface area contributed by atoms with Gasteiger partial charge in [0.1, 0.15) is 10.6 Å². The SMILES string of the molecule is CS(=O)(=O)NC1CC(NC(=O)[C@@H]2CC[C@@]3(S(=O)(=O)c4ccc(F)cc4)c4ccc(C(F)(C(F)(F)F)C(F)(F)F)cc4CC[C@@H]23)C1. The van der Waals surface area contributed by atoms with E-state index in [9.17, 15) is 56.8 Å². The maximum absolute atomic E-state index is 15.0. The number of carbonyl (C=O) groups is 1. The van der Waals surface area contributed by atoms with Crippen LogP contribution in [0.25, 0.3) is 0 Å². The summed E-state index contributed by atoms with van der Waals surface area (Å²) < 4.78 is 162.